The first-order valence-corrected chi connectivity index (χ1v) is 6.91. The lowest BCUT2D eigenvalue weighted by Gasteiger charge is -2.03. The van der Waals surface area contributed by atoms with Crippen LogP contribution in [-0.4, -0.2) is 15.5 Å². The molecule has 96 valence electrons. The molecule has 0 radical (unpaired) electrons. The number of nitrogens with one attached hydrogen (secondary N) is 2. The second-order valence-corrected chi connectivity index (χ2v) is 5.47. The molecule has 1 heterocycles. The predicted molar refractivity (Wildman–Crippen MR) is 68.7 cm³/mol. The molecular weight excluding hydrogens is 252 g/mol. The zero-order valence-corrected chi connectivity index (χ0v) is 10.7. The molecule has 2 N–H and O–H groups in total. The van der Waals surface area contributed by atoms with Crippen LogP contribution in [-0.2, 0) is 16.6 Å². The Morgan fingerprint density at radius 2 is 1.83 bits per heavy atom. The normalized spacial score (nSPS) is 11.4. The molecule has 0 amide bonds. The highest BCUT2D eigenvalue weighted by Gasteiger charge is 2.15. The van der Waals surface area contributed by atoms with Gasteiger partial charge >= 0.3 is 0 Å². The van der Waals surface area contributed by atoms with Gasteiger partial charge in [-0.2, -0.15) is 0 Å². The Balaban J connectivity index is 2.04. The maximum atomic E-state index is 11.5. The molecule has 0 unspecified atom stereocenters. The summed E-state index contributed by atoms with van der Waals surface area (Å²) in [6.45, 7) is 0.434. The molecule has 2 aromatic rings. The van der Waals surface area contributed by atoms with Gasteiger partial charge in [0.2, 0.25) is 5.09 Å². The number of anilines is 1. The SMILES string of the molecule is CNS(=O)(=O)c1ccc(CNc2ccccc2)o1. The third kappa shape index (κ3) is 2.91. The summed E-state index contributed by atoms with van der Waals surface area (Å²) in [6.07, 6.45) is 0. The summed E-state index contributed by atoms with van der Waals surface area (Å²) < 4.78 is 30.4. The van der Waals surface area contributed by atoms with Gasteiger partial charge < -0.3 is 9.73 Å². The van der Waals surface area contributed by atoms with Crippen LogP contribution in [0, 0.1) is 0 Å². The molecule has 0 aliphatic heterocycles. The highest BCUT2D eigenvalue weighted by atomic mass is 32.2. The number of rotatable bonds is 5. The van der Waals surface area contributed by atoms with Crippen molar-refractivity contribution in [2.45, 2.75) is 11.6 Å². The van der Waals surface area contributed by atoms with Gasteiger partial charge in [-0.25, -0.2) is 13.1 Å². The lowest BCUT2D eigenvalue weighted by atomic mass is 10.3. The van der Waals surface area contributed by atoms with Crippen molar-refractivity contribution in [2.24, 2.45) is 0 Å². The van der Waals surface area contributed by atoms with Gasteiger partial charge in [0.05, 0.1) is 6.54 Å². The Morgan fingerprint density at radius 1 is 1.11 bits per heavy atom. The van der Waals surface area contributed by atoms with Crippen LogP contribution in [0.3, 0.4) is 0 Å². The van der Waals surface area contributed by atoms with Crippen LogP contribution in [0.15, 0.2) is 52.0 Å². The van der Waals surface area contributed by atoms with Crippen LogP contribution < -0.4 is 10.0 Å². The van der Waals surface area contributed by atoms with Gasteiger partial charge in [-0.1, -0.05) is 18.2 Å². The van der Waals surface area contributed by atoms with Crippen molar-refractivity contribution in [2.75, 3.05) is 12.4 Å². The fraction of sp³-hybridized carbons (Fsp3) is 0.167. The van der Waals surface area contributed by atoms with E-state index in [4.69, 9.17) is 4.42 Å². The molecule has 2 rings (SSSR count). The van der Waals surface area contributed by atoms with Crippen molar-refractivity contribution < 1.29 is 12.8 Å². The van der Waals surface area contributed by atoms with Crippen molar-refractivity contribution in [1.29, 1.82) is 0 Å². The minimum absolute atomic E-state index is 0.0742. The number of hydrogen-bond acceptors (Lipinski definition) is 4. The average Bonchev–Trinajstić information content (AvgIpc) is 2.87. The standard InChI is InChI=1S/C12H14N2O3S/c1-13-18(15,16)12-8-7-11(17-12)9-14-10-5-3-2-4-6-10/h2-8,13-14H,9H2,1H3. The maximum absolute atomic E-state index is 11.5. The summed E-state index contributed by atoms with van der Waals surface area (Å²) in [4.78, 5) is 0. The molecule has 1 aromatic heterocycles. The highest BCUT2D eigenvalue weighted by molar-refractivity contribution is 7.89. The first-order chi connectivity index (χ1) is 8.62. The van der Waals surface area contributed by atoms with Crippen LogP contribution in [0.25, 0.3) is 0 Å². The largest absolute Gasteiger partial charge is 0.446 e. The Bertz CT molecular complexity index is 605. The molecule has 18 heavy (non-hydrogen) atoms. The smallest absolute Gasteiger partial charge is 0.273 e. The van der Waals surface area contributed by atoms with E-state index in [2.05, 4.69) is 10.0 Å². The predicted octanol–water partition coefficient (Wildman–Crippen LogP) is 1.80. The van der Waals surface area contributed by atoms with Crippen LogP contribution in [0.1, 0.15) is 5.76 Å². The van der Waals surface area contributed by atoms with Crippen molar-refractivity contribution in [3.8, 4) is 0 Å². The van der Waals surface area contributed by atoms with Crippen molar-refractivity contribution in [3.05, 3.63) is 48.2 Å². The topological polar surface area (TPSA) is 71.3 Å². The third-order valence-electron chi connectivity index (χ3n) is 2.41. The number of benzene rings is 1. The van der Waals surface area contributed by atoms with Crippen LogP contribution >= 0.6 is 0 Å². The van der Waals surface area contributed by atoms with E-state index in [1.807, 2.05) is 30.3 Å². The molecule has 0 aliphatic rings. The van der Waals surface area contributed by atoms with Gasteiger partial charge in [0.25, 0.3) is 10.0 Å². The van der Waals surface area contributed by atoms with Gasteiger partial charge in [-0.15, -0.1) is 0 Å². The Hall–Kier alpha value is -1.79. The third-order valence-corrected chi connectivity index (χ3v) is 3.70. The first kappa shape index (κ1) is 12.7. The number of sulfonamides is 1. The fourth-order valence-electron chi connectivity index (χ4n) is 1.44. The summed E-state index contributed by atoms with van der Waals surface area (Å²) in [5, 5.41) is 3.06. The van der Waals surface area contributed by atoms with Gasteiger partial charge in [-0.05, 0) is 31.3 Å². The van der Waals surface area contributed by atoms with E-state index in [1.165, 1.54) is 13.1 Å². The Morgan fingerprint density at radius 3 is 2.50 bits per heavy atom. The maximum Gasteiger partial charge on any atom is 0.273 e. The average molecular weight is 266 g/mol. The molecular formula is C12H14N2O3S. The molecule has 0 atom stereocenters. The van der Waals surface area contributed by atoms with Crippen LogP contribution in [0.2, 0.25) is 0 Å². The summed E-state index contributed by atoms with van der Waals surface area (Å²) >= 11 is 0. The first-order valence-electron chi connectivity index (χ1n) is 5.43. The van der Waals surface area contributed by atoms with E-state index in [0.29, 0.717) is 12.3 Å². The quantitative estimate of drug-likeness (QED) is 0.865. The molecule has 0 saturated carbocycles. The lowest BCUT2D eigenvalue weighted by Crippen LogP contribution is -2.17. The Kier molecular flexibility index (Phi) is 3.69. The highest BCUT2D eigenvalue weighted by Crippen LogP contribution is 2.15. The summed E-state index contributed by atoms with van der Waals surface area (Å²) in [6, 6.07) is 12.7. The summed E-state index contributed by atoms with van der Waals surface area (Å²) in [7, 11) is -2.16. The molecule has 0 spiro atoms. The van der Waals surface area contributed by atoms with Gasteiger partial charge in [0.15, 0.2) is 0 Å². The van der Waals surface area contributed by atoms with Crippen LogP contribution in [0.4, 0.5) is 5.69 Å². The molecule has 6 heteroatoms. The van der Waals surface area contributed by atoms with E-state index < -0.39 is 10.0 Å². The molecule has 0 saturated heterocycles. The Labute approximate surface area is 106 Å². The number of hydrogen-bond donors (Lipinski definition) is 2. The van der Waals surface area contributed by atoms with Gasteiger partial charge in [0.1, 0.15) is 5.76 Å². The van der Waals surface area contributed by atoms with Gasteiger partial charge in [0, 0.05) is 5.69 Å². The van der Waals surface area contributed by atoms with Gasteiger partial charge in [-0.3, -0.25) is 0 Å². The van der Waals surface area contributed by atoms with Crippen molar-refractivity contribution in [1.82, 2.24) is 4.72 Å². The van der Waals surface area contributed by atoms with E-state index in [1.54, 1.807) is 6.07 Å². The summed E-state index contributed by atoms with van der Waals surface area (Å²) in [5.41, 5.74) is 0.951. The van der Waals surface area contributed by atoms with Crippen LogP contribution in [0.5, 0.6) is 0 Å². The molecule has 0 aliphatic carbocycles. The second-order valence-electron chi connectivity index (χ2n) is 3.65. The number of furan rings is 1. The zero-order valence-electron chi connectivity index (χ0n) is 9.88. The van der Waals surface area contributed by atoms with E-state index in [0.717, 1.165) is 5.69 Å². The van der Waals surface area contributed by atoms with E-state index >= 15 is 0 Å². The fourth-order valence-corrected chi connectivity index (χ4v) is 2.11. The minimum atomic E-state index is -3.50. The molecule has 1 aromatic carbocycles. The summed E-state index contributed by atoms with van der Waals surface area (Å²) in [5.74, 6) is 0.563. The number of para-hydroxylation sites is 1. The van der Waals surface area contributed by atoms with Crippen molar-refractivity contribution >= 4 is 15.7 Å². The van der Waals surface area contributed by atoms with E-state index in [-0.39, 0.29) is 5.09 Å². The molecule has 0 fully saturated rings. The monoisotopic (exact) mass is 266 g/mol. The molecule has 5 nitrogen and oxygen atoms in total. The second kappa shape index (κ2) is 5.24. The lowest BCUT2D eigenvalue weighted by molar-refractivity contribution is 0.417. The zero-order chi connectivity index (χ0) is 13.0. The van der Waals surface area contributed by atoms with Crippen molar-refractivity contribution in [3.63, 3.8) is 0 Å². The molecule has 0 bridgehead atoms. The minimum Gasteiger partial charge on any atom is -0.446 e. The van der Waals surface area contributed by atoms with E-state index in [9.17, 15) is 8.42 Å².